The molecule has 2 rings (SSSR count). The van der Waals surface area contributed by atoms with Gasteiger partial charge in [-0.1, -0.05) is 6.92 Å². The molecule has 1 aromatic carbocycles. The predicted molar refractivity (Wildman–Crippen MR) is 79.8 cm³/mol. The van der Waals surface area contributed by atoms with Crippen LogP contribution < -0.4 is 4.74 Å². The molecule has 0 aliphatic carbocycles. The number of benzene rings is 1. The number of rotatable bonds is 7. The van der Waals surface area contributed by atoms with Crippen molar-refractivity contribution in [2.24, 2.45) is 0 Å². The van der Waals surface area contributed by atoms with E-state index in [2.05, 4.69) is 15.5 Å². The van der Waals surface area contributed by atoms with Crippen LogP contribution in [-0.4, -0.2) is 47.1 Å². The minimum absolute atomic E-state index is 0.112. The van der Waals surface area contributed by atoms with E-state index in [4.69, 9.17) is 4.74 Å². The van der Waals surface area contributed by atoms with Crippen molar-refractivity contribution in [3.05, 3.63) is 30.1 Å². The van der Waals surface area contributed by atoms with Gasteiger partial charge in [0, 0.05) is 13.6 Å². The molecule has 0 N–H and O–H groups in total. The molecule has 120 valence electrons. The summed E-state index contributed by atoms with van der Waals surface area (Å²) in [7, 11) is -0.567. The van der Waals surface area contributed by atoms with Crippen molar-refractivity contribution in [1.29, 1.82) is 0 Å². The molecule has 0 saturated carbocycles. The van der Waals surface area contributed by atoms with E-state index in [1.165, 1.54) is 30.6 Å². The van der Waals surface area contributed by atoms with Crippen LogP contribution in [0, 0.1) is 0 Å². The molecule has 0 spiro atoms. The van der Waals surface area contributed by atoms with E-state index in [0.29, 0.717) is 18.1 Å². The fourth-order valence-corrected chi connectivity index (χ4v) is 3.06. The van der Waals surface area contributed by atoms with Crippen LogP contribution in [0.4, 0.5) is 0 Å². The van der Waals surface area contributed by atoms with Gasteiger partial charge in [-0.25, -0.2) is 13.1 Å². The van der Waals surface area contributed by atoms with Crippen molar-refractivity contribution < 1.29 is 13.2 Å². The second kappa shape index (κ2) is 6.84. The third kappa shape index (κ3) is 3.42. The zero-order valence-electron chi connectivity index (χ0n) is 12.8. The smallest absolute Gasteiger partial charge is 0.243 e. The molecular weight excluding hydrogens is 306 g/mol. The normalized spacial score (nSPS) is 11.8. The second-order valence-electron chi connectivity index (χ2n) is 4.75. The van der Waals surface area contributed by atoms with Crippen molar-refractivity contribution in [2.45, 2.75) is 31.3 Å². The Balaban J connectivity index is 2.19. The zero-order chi connectivity index (χ0) is 16.2. The molecule has 0 aliphatic rings. The molecule has 1 aromatic heterocycles. The van der Waals surface area contributed by atoms with Gasteiger partial charge in [0.25, 0.3) is 0 Å². The highest BCUT2D eigenvalue weighted by Crippen LogP contribution is 2.19. The maximum Gasteiger partial charge on any atom is 0.243 e. The first-order valence-corrected chi connectivity index (χ1v) is 8.28. The van der Waals surface area contributed by atoms with Gasteiger partial charge in [0.05, 0.1) is 18.6 Å². The molecule has 9 heteroatoms. The van der Waals surface area contributed by atoms with Gasteiger partial charge in [-0.3, -0.25) is 0 Å². The van der Waals surface area contributed by atoms with Crippen LogP contribution in [0.15, 0.2) is 29.2 Å². The molecule has 0 unspecified atom stereocenters. The minimum Gasteiger partial charge on any atom is -0.497 e. The topological polar surface area (TPSA) is 90.2 Å². The molecule has 22 heavy (non-hydrogen) atoms. The molecule has 0 amide bonds. The standard InChI is InChI=1S/C13H19N5O3S/c1-4-9-18-13(14-15-16-18)10-17(2)22(19,20)12-7-5-11(21-3)6-8-12/h5-8H,4,9-10H2,1-3H3. The Morgan fingerprint density at radius 3 is 2.55 bits per heavy atom. The Morgan fingerprint density at radius 2 is 1.95 bits per heavy atom. The highest BCUT2D eigenvalue weighted by Gasteiger charge is 2.23. The maximum absolute atomic E-state index is 12.5. The van der Waals surface area contributed by atoms with E-state index in [1.54, 1.807) is 16.8 Å². The van der Waals surface area contributed by atoms with Gasteiger partial charge in [-0.15, -0.1) is 5.10 Å². The van der Waals surface area contributed by atoms with E-state index in [-0.39, 0.29) is 11.4 Å². The van der Waals surface area contributed by atoms with E-state index >= 15 is 0 Å². The molecular formula is C13H19N5O3S. The van der Waals surface area contributed by atoms with Crippen LogP contribution in [0.2, 0.25) is 0 Å². The average molecular weight is 325 g/mol. The summed E-state index contributed by atoms with van der Waals surface area (Å²) in [4.78, 5) is 0.199. The summed E-state index contributed by atoms with van der Waals surface area (Å²) in [6, 6.07) is 6.25. The summed E-state index contributed by atoms with van der Waals surface area (Å²) in [6.45, 7) is 2.77. The summed E-state index contributed by atoms with van der Waals surface area (Å²) in [5.41, 5.74) is 0. The van der Waals surface area contributed by atoms with E-state index in [9.17, 15) is 8.42 Å². The fraction of sp³-hybridized carbons (Fsp3) is 0.462. The molecule has 0 saturated heterocycles. The Bertz CT molecular complexity index is 712. The molecule has 0 atom stereocenters. The lowest BCUT2D eigenvalue weighted by molar-refractivity contribution is 0.414. The van der Waals surface area contributed by atoms with Gasteiger partial charge in [-0.05, 0) is 41.1 Å². The third-order valence-corrected chi connectivity index (χ3v) is 4.99. The van der Waals surface area contributed by atoms with Crippen LogP contribution in [-0.2, 0) is 23.1 Å². The van der Waals surface area contributed by atoms with Crippen LogP contribution in [0.25, 0.3) is 0 Å². The highest BCUT2D eigenvalue weighted by molar-refractivity contribution is 7.89. The Kier molecular flexibility index (Phi) is 5.09. The lowest BCUT2D eigenvalue weighted by Gasteiger charge is -2.16. The highest BCUT2D eigenvalue weighted by atomic mass is 32.2. The van der Waals surface area contributed by atoms with Crippen LogP contribution in [0.1, 0.15) is 19.2 Å². The van der Waals surface area contributed by atoms with Crippen LogP contribution in [0.5, 0.6) is 5.75 Å². The summed E-state index contributed by atoms with van der Waals surface area (Å²) in [5, 5.41) is 11.3. The van der Waals surface area contributed by atoms with Gasteiger partial charge < -0.3 is 4.74 Å². The molecule has 0 bridgehead atoms. The van der Waals surface area contributed by atoms with Crippen molar-refractivity contribution in [2.75, 3.05) is 14.2 Å². The molecule has 1 heterocycles. The van der Waals surface area contributed by atoms with Gasteiger partial charge >= 0.3 is 0 Å². The number of sulfonamides is 1. The largest absolute Gasteiger partial charge is 0.497 e. The molecule has 0 radical (unpaired) electrons. The summed E-state index contributed by atoms with van der Waals surface area (Å²) < 4.78 is 32.9. The number of methoxy groups -OCH3 is 1. The average Bonchev–Trinajstić information content (AvgIpc) is 2.95. The predicted octanol–water partition coefficient (Wildman–Crippen LogP) is 0.912. The van der Waals surface area contributed by atoms with Gasteiger partial charge in [0.15, 0.2) is 5.82 Å². The van der Waals surface area contributed by atoms with Gasteiger partial charge in [-0.2, -0.15) is 4.31 Å². The summed E-state index contributed by atoms with van der Waals surface area (Å²) >= 11 is 0. The maximum atomic E-state index is 12.5. The number of aromatic nitrogens is 4. The van der Waals surface area contributed by atoms with Crippen molar-refractivity contribution in [3.63, 3.8) is 0 Å². The zero-order valence-corrected chi connectivity index (χ0v) is 13.6. The van der Waals surface area contributed by atoms with Crippen LogP contribution >= 0.6 is 0 Å². The SMILES string of the molecule is CCCn1nnnc1CN(C)S(=O)(=O)c1ccc(OC)cc1. The first kappa shape index (κ1) is 16.4. The number of tetrazole rings is 1. The lowest BCUT2D eigenvalue weighted by Crippen LogP contribution is -2.28. The van der Waals surface area contributed by atoms with Crippen molar-refractivity contribution >= 4 is 10.0 Å². The first-order chi connectivity index (χ1) is 10.5. The molecule has 0 fully saturated rings. The van der Waals surface area contributed by atoms with Crippen LogP contribution in [0.3, 0.4) is 0 Å². The number of hydrogen-bond donors (Lipinski definition) is 0. The number of ether oxygens (including phenoxy) is 1. The third-order valence-electron chi connectivity index (χ3n) is 3.17. The lowest BCUT2D eigenvalue weighted by atomic mass is 10.3. The second-order valence-corrected chi connectivity index (χ2v) is 6.80. The van der Waals surface area contributed by atoms with Gasteiger partial charge in [0.2, 0.25) is 10.0 Å². The van der Waals surface area contributed by atoms with Crippen molar-refractivity contribution in [1.82, 2.24) is 24.5 Å². The Labute approximate surface area is 129 Å². The molecule has 2 aromatic rings. The first-order valence-electron chi connectivity index (χ1n) is 6.84. The quantitative estimate of drug-likeness (QED) is 0.751. The number of aryl methyl sites for hydroxylation is 1. The monoisotopic (exact) mass is 325 g/mol. The number of nitrogens with zero attached hydrogens (tertiary/aromatic N) is 5. The fourth-order valence-electron chi connectivity index (χ4n) is 1.93. The van der Waals surface area contributed by atoms with Crippen molar-refractivity contribution in [3.8, 4) is 5.75 Å². The summed E-state index contributed by atoms with van der Waals surface area (Å²) in [6.07, 6.45) is 0.868. The Hall–Kier alpha value is -2.00. The molecule has 8 nitrogen and oxygen atoms in total. The van der Waals surface area contributed by atoms with E-state index < -0.39 is 10.0 Å². The molecule has 0 aliphatic heterocycles. The van der Waals surface area contributed by atoms with E-state index in [0.717, 1.165) is 6.42 Å². The minimum atomic E-state index is -3.60. The Morgan fingerprint density at radius 1 is 1.27 bits per heavy atom. The van der Waals surface area contributed by atoms with Gasteiger partial charge in [0.1, 0.15) is 5.75 Å². The van der Waals surface area contributed by atoms with E-state index in [1.807, 2.05) is 6.92 Å². The number of hydrogen-bond acceptors (Lipinski definition) is 6. The summed E-state index contributed by atoms with van der Waals surface area (Å²) in [5.74, 6) is 1.12.